The van der Waals surface area contributed by atoms with Crippen LogP contribution in [0.25, 0.3) is 11.3 Å². The van der Waals surface area contributed by atoms with Gasteiger partial charge in [-0.1, -0.05) is 11.6 Å². The molecular weight excluding hydrogens is 278 g/mol. The summed E-state index contributed by atoms with van der Waals surface area (Å²) >= 11 is 6.17. The maximum absolute atomic E-state index is 11.8. The first-order valence-electron chi connectivity index (χ1n) is 6.30. The van der Waals surface area contributed by atoms with Crippen LogP contribution in [-0.4, -0.2) is 18.8 Å². The number of pyridine rings is 1. The van der Waals surface area contributed by atoms with Gasteiger partial charge in [0.05, 0.1) is 19.9 Å². The Morgan fingerprint density at radius 3 is 2.55 bits per heavy atom. The van der Waals surface area contributed by atoms with Crippen LogP contribution in [0.2, 0.25) is 5.15 Å². The molecule has 0 unspecified atom stereocenters. The normalized spacial score (nSPS) is 12.6. The molecule has 3 rings (SSSR count). The van der Waals surface area contributed by atoms with Gasteiger partial charge in [0.1, 0.15) is 16.7 Å². The molecule has 0 aliphatic carbocycles. The van der Waals surface area contributed by atoms with Crippen LogP contribution in [0.15, 0.2) is 29.1 Å². The molecule has 104 valence electrons. The highest BCUT2D eigenvalue weighted by Gasteiger charge is 2.24. The highest BCUT2D eigenvalue weighted by atomic mass is 35.5. The molecular formula is C15H14ClNO3. The largest absolute Gasteiger partial charge is 0.496 e. The fraction of sp³-hybridized carbons (Fsp3) is 0.267. The maximum Gasteiger partial charge on any atom is 0.183 e. The molecule has 1 aliphatic heterocycles. The number of aromatic nitrogens is 1. The van der Waals surface area contributed by atoms with Crippen molar-refractivity contribution in [2.75, 3.05) is 14.2 Å². The summed E-state index contributed by atoms with van der Waals surface area (Å²) in [4.78, 5) is 11.8. The van der Waals surface area contributed by atoms with Gasteiger partial charge in [-0.2, -0.15) is 0 Å². The van der Waals surface area contributed by atoms with E-state index in [1.54, 1.807) is 20.3 Å². The van der Waals surface area contributed by atoms with Crippen molar-refractivity contribution in [3.63, 3.8) is 0 Å². The zero-order valence-corrected chi connectivity index (χ0v) is 12.0. The Bertz CT molecular complexity index is 737. The van der Waals surface area contributed by atoms with Gasteiger partial charge in [0.15, 0.2) is 5.43 Å². The van der Waals surface area contributed by atoms with E-state index in [0.29, 0.717) is 11.7 Å². The first kappa shape index (κ1) is 13.1. The molecule has 1 aromatic carbocycles. The van der Waals surface area contributed by atoms with Crippen LogP contribution in [0.5, 0.6) is 11.5 Å². The van der Waals surface area contributed by atoms with Crippen molar-refractivity contribution in [2.24, 2.45) is 0 Å². The van der Waals surface area contributed by atoms with Crippen molar-refractivity contribution in [1.82, 2.24) is 4.57 Å². The molecule has 0 amide bonds. The van der Waals surface area contributed by atoms with Crippen molar-refractivity contribution in [3.8, 4) is 22.8 Å². The minimum absolute atomic E-state index is 0.112. The lowest BCUT2D eigenvalue weighted by Crippen LogP contribution is -2.18. The number of nitrogens with zero attached hydrogens (tertiary/aromatic N) is 1. The first-order valence-corrected chi connectivity index (χ1v) is 6.68. The lowest BCUT2D eigenvalue weighted by Gasteiger charge is -2.26. The molecule has 0 N–H and O–H groups in total. The fourth-order valence-electron chi connectivity index (χ4n) is 2.72. The number of fused-ring (bicyclic) bond motifs is 3. The fourth-order valence-corrected chi connectivity index (χ4v) is 3.00. The third-order valence-electron chi connectivity index (χ3n) is 3.60. The Labute approximate surface area is 121 Å². The summed E-state index contributed by atoms with van der Waals surface area (Å²) in [5, 5.41) is 0.447. The van der Waals surface area contributed by atoms with Crippen LogP contribution in [0, 0.1) is 0 Å². The van der Waals surface area contributed by atoms with Crippen molar-refractivity contribution < 1.29 is 9.47 Å². The topological polar surface area (TPSA) is 40.5 Å². The summed E-state index contributed by atoms with van der Waals surface area (Å²) in [6.45, 7) is 0.713. The maximum atomic E-state index is 11.8. The lowest BCUT2D eigenvalue weighted by atomic mass is 9.95. The Morgan fingerprint density at radius 2 is 1.85 bits per heavy atom. The summed E-state index contributed by atoms with van der Waals surface area (Å²) in [6.07, 6.45) is 0.783. The van der Waals surface area contributed by atoms with Crippen LogP contribution < -0.4 is 14.9 Å². The minimum atomic E-state index is -0.112. The van der Waals surface area contributed by atoms with E-state index in [9.17, 15) is 4.79 Å². The third-order valence-corrected chi connectivity index (χ3v) is 3.92. The van der Waals surface area contributed by atoms with Crippen molar-refractivity contribution in [1.29, 1.82) is 0 Å². The predicted octanol–water partition coefficient (Wildman–Crippen LogP) is 2.74. The second-order valence-corrected chi connectivity index (χ2v) is 5.01. The zero-order valence-electron chi connectivity index (χ0n) is 11.3. The van der Waals surface area contributed by atoms with Crippen molar-refractivity contribution in [2.45, 2.75) is 13.0 Å². The number of methoxy groups -OCH3 is 2. The number of rotatable bonds is 2. The van der Waals surface area contributed by atoms with Crippen molar-refractivity contribution >= 4 is 11.6 Å². The van der Waals surface area contributed by atoms with Crippen LogP contribution in [0.3, 0.4) is 0 Å². The number of ether oxygens (including phenoxy) is 2. The van der Waals surface area contributed by atoms with Gasteiger partial charge in [-0.05, 0) is 18.6 Å². The predicted molar refractivity (Wildman–Crippen MR) is 78.0 cm³/mol. The van der Waals surface area contributed by atoms with Crippen LogP contribution in [-0.2, 0) is 13.0 Å². The second kappa shape index (κ2) is 4.87. The SMILES string of the molecule is COc1ccc(OC)c2c1CCn1c(Cl)cc(=O)cc1-2. The Kier molecular flexibility index (Phi) is 3.18. The molecule has 2 heterocycles. The highest BCUT2D eigenvalue weighted by molar-refractivity contribution is 6.29. The smallest absolute Gasteiger partial charge is 0.183 e. The molecule has 0 radical (unpaired) electrons. The molecule has 4 nitrogen and oxygen atoms in total. The molecule has 1 aromatic heterocycles. The van der Waals surface area contributed by atoms with E-state index in [1.807, 2.05) is 16.7 Å². The molecule has 20 heavy (non-hydrogen) atoms. The summed E-state index contributed by atoms with van der Waals surface area (Å²) in [6, 6.07) is 6.75. The molecule has 5 heteroatoms. The van der Waals surface area contributed by atoms with Gasteiger partial charge in [0, 0.05) is 29.8 Å². The highest BCUT2D eigenvalue weighted by Crippen LogP contribution is 2.41. The summed E-state index contributed by atoms with van der Waals surface area (Å²) < 4.78 is 12.8. The molecule has 2 aromatic rings. The van der Waals surface area contributed by atoms with Crippen LogP contribution in [0.4, 0.5) is 0 Å². The number of hydrogen-bond acceptors (Lipinski definition) is 3. The minimum Gasteiger partial charge on any atom is -0.496 e. The second-order valence-electron chi connectivity index (χ2n) is 4.62. The molecule has 1 aliphatic rings. The molecule has 0 saturated heterocycles. The zero-order chi connectivity index (χ0) is 14.3. The van der Waals surface area contributed by atoms with E-state index < -0.39 is 0 Å². The summed E-state index contributed by atoms with van der Waals surface area (Å²) in [5.74, 6) is 1.52. The summed E-state index contributed by atoms with van der Waals surface area (Å²) in [5.41, 5.74) is 2.60. The van der Waals surface area contributed by atoms with Gasteiger partial charge in [-0.15, -0.1) is 0 Å². The van der Waals surface area contributed by atoms with Gasteiger partial charge in [-0.25, -0.2) is 0 Å². The van der Waals surface area contributed by atoms with Gasteiger partial charge >= 0.3 is 0 Å². The van der Waals surface area contributed by atoms with Crippen molar-refractivity contribution in [3.05, 3.63) is 45.2 Å². The standard InChI is InChI=1S/C15H14ClNO3/c1-19-12-3-4-13(20-2)15-10(12)5-6-17-11(15)7-9(18)8-14(17)16/h3-4,7-8H,5-6H2,1-2H3. The van der Waals surface area contributed by atoms with Crippen LogP contribution in [0.1, 0.15) is 5.56 Å². The van der Waals surface area contributed by atoms with Gasteiger partial charge in [0.25, 0.3) is 0 Å². The van der Waals surface area contributed by atoms with E-state index in [0.717, 1.165) is 34.7 Å². The molecule has 0 atom stereocenters. The van der Waals surface area contributed by atoms with Crippen LogP contribution >= 0.6 is 11.6 Å². The molecule has 0 bridgehead atoms. The van der Waals surface area contributed by atoms with E-state index in [4.69, 9.17) is 21.1 Å². The lowest BCUT2D eigenvalue weighted by molar-refractivity contribution is 0.397. The summed E-state index contributed by atoms with van der Waals surface area (Å²) in [7, 11) is 3.26. The van der Waals surface area contributed by atoms with E-state index >= 15 is 0 Å². The third kappa shape index (κ3) is 1.88. The van der Waals surface area contributed by atoms with E-state index in [1.165, 1.54) is 6.07 Å². The average molecular weight is 292 g/mol. The Morgan fingerprint density at radius 1 is 1.15 bits per heavy atom. The molecule has 0 saturated carbocycles. The quantitative estimate of drug-likeness (QED) is 0.799. The first-order chi connectivity index (χ1) is 9.65. The molecule has 0 fully saturated rings. The Balaban J connectivity index is 2.38. The number of hydrogen-bond donors (Lipinski definition) is 0. The van der Waals surface area contributed by atoms with Gasteiger partial charge < -0.3 is 14.0 Å². The Hall–Kier alpha value is -1.94. The molecule has 0 spiro atoms. The van der Waals surface area contributed by atoms with E-state index in [2.05, 4.69) is 0 Å². The average Bonchev–Trinajstić information content (AvgIpc) is 2.45. The number of benzene rings is 1. The van der Waals surface area contributed by atoms with E-state index in [-0.39, 0.29) is 5.43 Å². The monoisotopic (exact) mass is 291 g/mol. The van der Waals surface area contributed by atoms with Gasteiger partial charge in [0.2, 0.25) is 0 Å². The number of halogens is 1. The van der Waals surface area contributed by atoms with Gasteiger partial charge in [-0.3, -0.25) is 4.79 Å².